The fourth-order valence-corrected chi connectivity index (χ4v) is 1.97. The van der Waals surface area contributed by atoms with Crippen molar-refractivity contribution < 1.29 is 14.3 Å². The first kappa shape index (κ1) is 13.4. The predicted molar refractivity (Wildman–Crippen MR) is 63.9 cm³/mol. The lowest BCUT2D eigenvalue weighted by Gasteiger charge is -2.04. The predicted octanol–water partition coefficient (Wildman–Crippen LogP) is 3.30. The molecule has 17 heavy (non-hydrogen) atoms. The number of aliphatic hydroxyl groups is 1. The van der Waals surface area contributed by atoms with E-state index in [1.54, 1.807) is 6.07 Å². The second-order valence-corrected chi connectivity index (χ2v) is 4.99. The summed E-state index contributed by atoms with van der Waals surface area (Å²) in [6.07, 6.45) is 0.181. The van der Waals surface area contributed by atoms with E-state index in [4.69, 9.17) is 5.26 Å². The number of carbonyl (C=O) groups is 1. The summed E-state index contributed by atoms with van der Waals surface area (Å²) in [5, 5.41) is 18.2. The smallest absolute Gasteiger partial charge is 0.177 e. The van der Waals surface area contributed by atoms with Gasteiger partial charge in [-0.05, 0) is 18.1 Å². The van der Waals surface area contributed by atoms with Crippen molar-refractivity contribution in [3.63, 3.8) is 0 Å². The fraction of sp³-hybridized carbons (Fsp3) is 0.333. The first-order valence-corrected chi connectivity index (χ1v) is 5.89. The van der Waals surface area contributed by atoms with Crippen LogP contribution in [0.3, 0.4) is 0 Å². The van der Waals surface area contributed by atoms with Gasteiger partial charge in [0.25, 0.3) is 0 Å². The summed E-state index contributed by atoms with van der Waals surface area (Å²) in [6, 6.07) is 4.20. The van der Waals surface area contributed by atoms with Crippen molar-refractivity contribution in [2.45, 2.75) is 20.3 Å². The van der Waals surface area contributed by atoms with Crippen LogP contribution in [0.2, 0.25) is 0 Å². The van der Waals surface area contributed by atoms with Crippen molar-refractivity contribution in [2.75, 3.05) is 0 Å². The molecule has 1 heterocycles. The molecule has 1 N–H and O–H groups in total. The molecular weight excluding hydrogens is 241 g/mol. The molecule has 0 unspecified atom stereocenters. The van der Waals surface area contributed by atoms with Gasteiger partial charge in [-0.15, -0.1) is 11.3 Å². The first-order chi connectivity index (χ1) is 7.95. The molecule has 0 aliphatic heterocycles. The van der Waals surface area contributed by atoms with Crippen LogP contribution in [-0.4, -0.2) is 10.9 Å². The van der Waals surface area contributed by atoms with Crippen LogP contribution in [-0.2, 0) is 4.79 Å². The molecule has 1 aromatic rings. The number of allylic oxidation sites excluding steroid dienone is 1. The van der Waals surface area contributed by atoms with Crippen molar-refractivity contribution in [2.24, 2.45) is 5.92 Å². The molecule has 5 heteroatoms. The molecule has 0 radical (unpaired) electrons. The summed E-state index contributed by atoms with van der Waals surface area (Å²) in [5.74, 6) is -0.764. The number of halogens is 1. The summed E-state index contributed by atoms with van der Waals surface area (Å²) >= 11 is 0.698. The minimum Gasteiger partial charge on any atom is -0.505 e. The molecule has 3 nitrogen and oxygen atoms in total. The number of thiophene rings is 1. The average molecular weight is 253 g/mol. The van der Waals surface area contributed by atoms with E-state index in [-0.39, 0.29) is 22.8 Å². The summed E-state index contributed by atoms with van der Waals surface area (Å²) in [7, 11) is 0. The maximum atomic E-state index is 12.8. The number of rotatable bonds is 4. The Hall–Kier alpha value is -1.67. The molecule has 1 aromatic heterocycles. The summed E-state index contributed by atoms with van der Waals surface area (Å²) in [5.41, 5.74) is -0.305. The largest absolute Gasteiger partial charge is 0.505 e. The monoisotopic (exact) mass is 253 g/mol. The molecule has 0 aliphatic rings. The molecule has 0 aromatic carbocycles. The van der Waals surface area contributed by atoms with Gasteiger partial charge in [0.05, 0.1) is 4.88 Å². The number of nitrogens with zero attached hydrogens (tertiary/aromatic N) is 1. The molecule has 0 fully saturated rings. The number of hydrogen-bond donors (Lipinski definition) is 1. The van der Waals surface area contributed by atoms with E-state index in [0.29, 0.717) is 11.3 Å². The minimum atomic E-state index is -0.472. The Morgan fingerprint density at radius 1 is 1.59 bits per heavy atom. The Bertz CT molecular complexity index is 497. The fourth-order valence-electron chi connectivity index (χ4n) is 1.28. The van der Waals surface area contributed by atoms with Gasteiger partial charge in [-0.1, -0.05) is 13.8 Å². The van der Waals surface area contributed by atoms with Crippen LogP contribution in [0.15, 0.2) is 17.7 Å². The lowest BCUT2D eigenvalue weighted by Crippen LogP contribution is -2.07. The third-order valence-electron chi connectivity index (χ3n) is 2.03. The van der Waals surface area contributed by atoms with Crippen molar-refractivity contribution in [1.29, 1.82) is 5.26 Å². The number of nitriles is 1. The lowest BCUT2D eigenvalue weighted by atomic mass is 10.0. The van der Waals surface area contributed by atoms with Crippen molar-refractivity contribution in [3.8, 4) is 6.07 Å². The lowest BCUT2D eigenvalue weighted by molar-refractivity contribution is -0.115. The van der Waals surface area contributed by atoms with Crippen LogP contribution in [0.1, 0.15) is 25.1 Å². The van der Waals surface area contributed by atoms with E-state index >= 15 is 0 Å². The van der Waals surface area contributed by atoms with Gasteiger partial charge < -0.3 is 5.11 Å². The Morgan fingerprint density at radius 3 is 2.65 bits per heavy atom. The van der Waals surface area contributed by atoms with Gasteiger partial charge in [0.15, 0.2) is 16.7 Å². The van der Waals surface area contributed by atoms with Gasteiger partial charge in [-0.25, -0.2) is 0 Å². The molecule has 0 spiro atoms. The summed E-state index contributed by atoms with van der Waals surface area (Å²) in [6.45, 7) is 3.68. The van der Waals surface area contributed by atoms with Gasteiger partial charge in [0.1, 0.15) is 11.6 Å². The van der Waals surface area contributed by atoms with Gasteiger partial charge in [0.2, 0.25) is 0 Å². The van der Waals surface area contributed by atoms with Crippen molar-refractivity contribution in [1.82, 2.24) is 0 Å². The van der Waals surface area contributed by atoms with E-state index < -0.39 is 16.7 Å². The van der Waals surface area contributed by atoms with E-state index in [0.717, 1.165) is 0 Å². The highest BCUT2D eigenvalue weighted by Crippen LogP contribution is 2.24. The zero-order chi connectivity index (χ0) is 13.0. The van der Waals surface area contributed by atoms with E-state index in [2.05, 4.69) is 0 Å². The number of hydrogen-bond acceptors (Lipinski definition) is 4. The molecule has 0 aliphatic carbocycles. The van der Waals surface area contributed by atoms with Gasteiger partial charge >= 0.3 is 0 Å². The van der Waals surface area contributed by atoms with Gasteiger partial charge in [0, 0.05) is 6.42 Å². The zero-order valence-corrected chi connectivity index (χ0v) is 10.3. The van der Waals surface area contributed by atoms with Crippen molar-refractivity contribution >= 4 is 22.9 Å². The molecule has 0 bridgehead atoms. The highest BCUT2D eigenvalue weighted by atomic mass is 32.1. The molecule has 0 saturated carbocycles. The van der Waals surface area contributed by atoms with E-state index in [1.165, 1.54) is 12.1 Å². The highest BCUT2D eigenvalue weighted by Gasteiger charge is 2.18. The van der Waals surface area contributed by atoms with Crippen molar-refractivity contribution in [3.05, 3.63) is 27.7 Å². The molecule has 1 rings (SSSR count). The third kappa shape index (κ3) is 3.40. The number of ketones is 1. The maximum Gasteiger partial charge on any atom is 0.177 e. The normalized spacial score (nSPS) is 12.2. The molecule has 0 saturated heterocycles. The van der Waals surface area contributed by atoms with Gasteiger partial charge in [-0.3, -0.25) is 4.79 Å². The Kier molecular flexibility index (Phi) is 4.41. The number of carbonyl (C=O) groups excluding carboxylic acids is 1. The molecule has 0 amide bonds. The topological polar surface area (TPSA) is 61.1 Å². The Morgan fingerprint density at radius 2 is 2.24 bits per heavy atom. The first-order valence-electron chi connectivity index (χ1n) is 5.08. The zero-order valence-electron chi connectivity index (χ0n) is 9.53. The molecule has 90 valence electrons. The number of aliphatic hydroxyl groups excluding tert-OH is 1. The van der Waals surface area contributed by atoms with Crippen LogP contribution in [0.5, 0.6) is 0 Å². The van der Waals surface area contributed by atoms with E-state index in [9.17, 15) is 14.3 Å². The average Bonchev–Trinajstić information content (AvgIpc) is 2.64. The second kappa shape index (κ2) is 5.60. The molecular formula is C12H12FNO2S. The van der Waals surface area contributed by atoms with Crippen LogP contribution >= 0.6 is 11.3 Å². The quantitative estimate of drug-likeness (QED) is 0.509. The highest BCUT2D eigenvalue weighted by molar-refractivity contribution is 7.11. The molecule has 0 atom stereocenters. The van der Waals surface area contributed by atoms with Crippen LogP contribution in [0.4, 0.5) is 4.39 Å². The minimum absolute atomic E-state index is 0.0960. The maximum absolute atomic E-state index is 12.8. The standard InChI is InChI=1S/C12H12FNO2S/c1-7(2)5-9(15)8(6-14)12(16)10-3-4-11(13)17-10/h3-4,7,16H,5H2,1-2H3. The second-order valence-electron chi connectivity index (χ2n) is 3.96. The Balaban J connectivity index is 3.07. The number of Topliss-reactive ketones (excluding diaryl/α,β-unsaturated/α-hetero) is 1. The SMILES string of the molecule is CC(C)CC(=O)C(C#N)=C(O)c1ccc(F)s1. The summed E-state index contributed by atoms with van der Waals surface area (Å²) < 4.78 is 12.8. The van der Waals surface area contributed by atoms with Crippen LogP contribution in [0, 0.1) is 22.4 Å². The Labute approximate surface area is 103 Å². The third-order valence-corrected chi connectivity index (χ3v) is 2.91. The summed E-state index contributed by atoms with van der Waals surface area (Å²) in [4.78, 5) is 11.9. The van der Waals surface area contributed by atoms with Gasteiger partial charge in [-0.2, -0.15) is 9.65 Å². The van der Waals surface area contributed by atoms with Crippen LogP contribution < -0.4 is 0 Å². The van der Waals surface area contributed by atoms with E-state index in [1.807, 2.05) is 13.8 Å². The van der Waals surface area contributed by atoms with Crippen LogP contribution in [0.25, 0.3) is 5.76 Å².